The van der Waals surface area contributed by atoms with Gasteiger partial charge in [0.15, 0.2) is 17.5 Å². The minimum Gasteiger partial charge on any atom is -0.325 e. The van der Waals surface area contributed by atoms with Crippen molar-refractivity contribution < 1.29 is 9.18 Å². The maximum Gasteiger partial charge on any atom is 0.247 e. The van der Waals surface area contributed by atoms with E-state index in [9.17, 15) is 9.18 Å². The van der Waals surface area contributed by atoms with Crippen LogP contribution in [0.3, 0.4) is 0 Å². The van der Waals surface area contributed by atoms with Crippen LogP contribution in [0.5, 0.6) is 0 Å². The van der Waals surface area contributed by atoms with E-state index in [1.165, 1.54) is 23.1 Å². The van der Waals surface area contributed by atoms with Crippen LogP contribution in [0.15, 0.2) is 42.7 Å². The Morgan fingerprint density at radius 2 is 2.10 bits per heavy atom. The predicted molar refractivity (Wildman–Crippen MR) is 137 cm³/mol. The van der Waals surface area contributed by atoms with Crippen molar-refractivity contribution in [1.82, 2.24) is 50.0 Å². The van der Waals surface area contributed by atoms with E-state index >= 15 is 0 Å². The lowest BCUT2D eigenvalue weighted by Gasteiger charge is -2.24. The van der Waals surface area contributed by atoms with Crippen LogP contribution in [-0.4, -0.2) is 68.5 Å². The second-order valence-corrected chi connectivity index (χ2v) is 9.78. The van der Waals surface area contributed by atoms with Crippen molar-refractivity contribution in [2.75, 3.05) is 22.1 Å². The van der Waals surface area contributed by atoms with Gasteiger partial charge in [0.05, 0.1) is 17.9 Å². The van der Waals surface area contributed by atoms with Crippen LogP contribution >= 0.6 is 0 Å². The standard InChI is InChI=1S/C24H24FN13O/c1-13-30-35-38(33-13)16-9-19(23(39)27-15-6-7-20(25)26-11-15)36(12-16)24-29-22(18-3-2-8-37(18)34-24)28-21-10-17(31-32-21)14-4-5-14/h2-3,6-8,10-11,14,16,19H,4-5,9,12H2,1H3,(H,27,39)(H2,28,29,31,32,34)/t16-,19-/m0/s1. The fraction of sp³-hybridized carbons (Fsp3) is 0.333. The summed E-state index contributed by atoms with van der Waals surface area (Å²) in [6.45, 7) is 2.13. The van der Waals surface area contributed by atoms with Gasteiger partial charge in [0.1, 0.15) is 11.6 Å². The van der Waals surface area contributed by atoms with E-state index in [-0.39, 0.29) is 11.9 Å². The van der Waals surface area contributed by atoms with Gasteiger partial charge in [-0.3, -0.25) is 9.89 Å². The van der Waals surface area contributed by atoms with Crippen LogP contribution in [-0.2, 0) is 4.79 Å². The van der Waals surface area contributed by atoms with Gasteiger partial charge in [-0.2, -0.15) is 19.3 Å². The number of carbonyl (C=O) groups is 1. The summed E-state index contributed by atoms with van der Waals surface area (Å²) in [6.07, 6.45) is 5.81. The zero-order chi connectivity index (χ0) is 26.5. The Morgan fingerprint density at radius 3 is 2.87 bits per heavy atom. The highest BCUT2D eigenvalue weighted by Gasteiger charge is 2.41. The molecule has 0 aromatic carbocycles. The van der Waals surface area contributed by atoms with Crippen molar-refractivity contribution in [3.8, 4) is 0 Å². The Balaban J connectivity index is 1.23. The number of H-pyrrole nitrogens is 1. The average molecular weight is 530 g/mol. The number of tetrazole rings is 1. The molecule has 39 heavy (non-hydrogen) atoms. The first-order valence-electron chi connectivity index (χ1n) is 12.6. The monoisotopic (exact) mass is 529 g/mol. The molecule has 198 valence electrons. The van der Waals surface area contributed by atoms with Gasteiger partial charge >= 0.3 is 0 Å². The molecule has 14 nitrogen and oxygen atoms in total. The van der Waals surface area contributed by atoms with Crippen LogP contribution in [0, 0.1) is 12.9 Å². The first-order chi connectivity index (χ1) is 19.0. The number of hydrogen-bond donors (Lipinski definition) is 3. The Kier molecular flexibility index (Phi) is 5.42. The normalized spacial score (nSPS) is 19.1. The highest BCUT2D eigenvalue weighted by atomic mass is 19.1. The summed E-state index contributed by atoms with van der Waals surface area (Å²) in [4.78, 5) is 25.3. The Morgan fingerprint density at radius 1 is 1.21 bits per heavy atom. The topological polar surface area (TPSA) is 160 Å². The number of aryl methyl sites for hydroxylation is 1. The number of fused-ring (bicyclic) bond motifs is 1. The molecule has 3 N–H and O–H groups in total. The lowest BCUT2D eigenvalue weighted by molar-refractivity contribution is -0.117. The minimum absolute atomic E-state index is 0.249. The molecule has 2 atom stereocenters. The molecule has 0 bridgehead atoms. The largest absolute Gasteiger partial charge is 0.325 e. The third-order valence-electron chi connectivity index (χ3n) is 6.93. The molecule has 2 aliphatic rings. The Hall–Kier alpha value is -4.95. The third kappa shape index (κ3) is 4.51. The number of aromatic amines is 1. The summed E-state index contributed by atoms with van der Waals surface area (Å²) < 4.78 is 15.0. The number of pyridine rings is 1. The van der Waals surface area contributed by atoms with Crippen LogP contribution in [0.25, 0.3) is 5.52 Å². The highest BCUT2D eigenvalue weighted by Crippen LogP contribution is 2.40. The predicted octanol–water partition coefficient (Wildman–Crippen LogP) is 2.36. The summed E-state index contributed by atoms with van der Waals surface area (Å²) in [5.41, 5.74) is 2.24. The van der Waals surface area contributed by atoms with Gasteiger partial charge in [-0.15, -0.1) is 15.3 Å². The van der Waals surface area contributed by atoms with E-state index in [1.54, 1.807) is 11.4 Å². The van der Waals surface area contributed by atoms with Crippen molar-refractivity contribution in [1.29, 1.82) is 0 Å². The molecular weight excluding hydrogens is 505 g/mol. The van der Waals surface area contributed by atoms with E-state index in [0.29, 0.717) is 48.0 Å². The van der Waals surface area contributed by atoms with Crippen molar-refractivity contribution in [3.05, 3.63) is 60.2 Å². The number of rotatable bonds is 7. The maximum absolute atomic E-state index is 13.5. The molecule has 1 aliphatic carbocycles. The molecule has 0 spiro atoms. The number of hydrogen-bond acceptors (Lipinski definition) is 10. The smallest absolute Gasteiger partial charge is 0.247 e. The zero-order valence-electron chi connectivity index (χ0n) is 20.9. The fourth-order valence-corrected chi connectivity index (χ4v) is 4.84. The SMILES string of the molecule is Cc1nnn([C@H]2C[C@@H](C(=O)Nc3ccc(F)nc3)N(c3nc(Nc4cc(C5CC5)[nH]n4)c4cccn4n3)C2)n1. The molecule has 1 aliphatic heterocycles. The van der Waals surface area contributed by atoms with E-state index in [2.05, 4.69) is 41.2 Å². The number of aromatic nitrogens is 10. The van der Waals surface area contributed by atoms with E-state index in [1.807, 2.05) is 29.3 Å². The first-order valence-corrected chi connectivity index (χ1v) is 12.6. The molecule has 0 radical (unpaired) electrons. The molecule has 15 heteroatoms. The van der Waals surface area contributed by atoms with Gasteiger partial charge in [-0.1, -0.05) is 0 Å². The Labute approximate surface area is 220 Å². The van der Waals surface area contributed by atoms with Crippen LogP contribution in [0.2, 0.25) is 0 Å². The maximum atomic E-state index is 13.5. The second-order valence-electron chi connectivity index (χ2n) is 9.78. The molecule has 0 unspecified atom stereocenters. The van der Waals surface area contributed by atoms with E-state index in [4.69, 9.17) is 10.1 Å². The molecule has 6 heterocycles. The number of carbonyl (C=O) groups excluding carboxylic acids is 1. The summed E-state index contributed by atoms with van der Waals surface area (Å²) in [5.74, 6) is 1.69. The van der Waals surface area contributed by atoms with E-state index in [0.717, 1.165) is 24.1 Å². The highest BCUT2D eigenvalue weighted by molar-refractivity contribution is 5.97. The summed E-state index contributed by atoms with van der Waals surface area (Å²) in [7, 11) is 0. The van der Waals surface area contributed by atoms with Gasteiger partial charge in [0, 0.05) is 36.8 Å². The molecule has 2 fully saturated rings. The molecule has 1 saturated carbocycles. The minimum atomic E-state index is -0.668. The van der Waals surface area contributed by atoms with Crippen molar-refractivity contribution >= 4 is 34.7 Å². The van der Waals surface area contributed by atoms with Crippen molar-refractivity contribution in [2.24, 2.45) is 0 Å². The number of nitrogens with zero attached hydrogens (tertiary/aromatic N) is 10. The van der Waals surface area contributed by atoms with Gasteiger partial charge in [0.2, 0.25) is 17.8 Å². The fourth-order valence-electron chi connectivity index (χ4n) is 4.84. The molecule has 5 aromatic rings. The first kappa shape index (κ1) is 23.2. The van der Waals surface area contributed by atoms with Crippen LogP contribution in [0.4, 0.5) is 27.7 Å². The molecule has 1 amide bonds. The number of nitrogens with one attached hydrogen (secondary N) is 3. The third-order valence-corrected chi connectivity index (χ3v) is 6.93. The summed E-state index contributed by atoms with van der Waals surface area (Å²) in [6, 6.07) is 7.51. The van der Waals surface area contributed by atoms with Crippen LogP contribution in [0.1, 0.15) is 42.7 Å². The molecular formula is C24H24FN13O. The molecule has 5 aromatic heterocycles. The summed E-state index contributed by atoms with van der Waals surface area (Å²) >= 11 is 0. The number of amides is 1. The van der Waals surface area contributed by atoms with Gasteiger partial charge in [-0.25, -0.2) is 9.50 Å². The lowest BCUT2D eigenvalue weighted by atomic mass is 10.1. The van der Waals surface area contributed by atoms with Crippen molar-refractivity contribution in [3.63, 3.8) is 0 Å². The van der Waals surface area contributed by atoms with Gasteiger partial charge in [-0.05, 0) is 49.2 Å². The zero-order valence-corrected chi connectivity index (χ0v) is 20.9. The Bertz CT molecular complexity index is 1650. The molecule has 1 saturated heterocycles. The van der Waals surface area contributed by atoms with Gasteiger partial charge < -0.3 is 15.5 Å². The number of halogens is 1. The van der Waals surface area contributed by atoms with Crippen LogP contribution < -0.4 is 15.5 Å². The lowest BCUT2D eigenvalue weighted by Crippen LogP contribution is -2.41. The van der Waals surface area contributed by atoms with Crippen molar-refractivity contribution in [2.45, 2.75) is 44.2 Å². The number of anilines is 4. The van der Waals surface area contributed by atoms with E-state index < -0.39 is 12.0 Å². The molecule has 7 rings (SSSR count). The second kappa shape index (κ2) is 9.11. The quantitative estimate of drug-likeness (QED) is 0.267. The summed E-state index contributed by atoms with van der Waals surface area (Å²) in [5, 5.41) is 30.8. The van der Waals surface area contributed by atoms with Gasteiger partial charge in [0.25, 0.3) is 0 Å². The average Bonchev–Trinajstić information content (AvgIpc) is 3.33.